The standard InChI is InChI=1S/C23H21N5O2S/c1-16(2)19-10-4-6-12-21(19)27-22(17-9-7-13-24-14-17)25-26-23(27)31-15-18-8-3-5-11-20(18)28(29)30/h3-14,16H,15H2,1-2H3. The van der Waals surface area contributed by atoms with E-state index in [9.17, 15) is 10.1 Å². The van der Waals surface area contributed by atoms with E-state index in [1.54, 1.807) is 24.5 Å². The predicted molar refractivity (Wildman–Crippen MR) is 121 cm³/mol. The molecular formula is C23H21N5O2S. The number of nitro benzene ring substituents is 1. The number of para-hydroxylation sites is 2. The van der Waals surface area contributed by atoms with Gasteiger partial charge in [0.1, 0.15) is 0 Å². The van der Waals surface area contributed by atoms with Crippen LogP contribution in [0.2, 0.25) is 0 Å². The molecule has 2 aromatic heterocycles. The lowest BCUT2D eigenvalue weighted by Crippen LogP contribution is -2.05. The van der Waals surface area contributed by atoms with Gasteiger partial charge in [-0.15, -0.1) is 10.2 Å². The number of hydrogen-bond donors (Lipinski definition) is 0. The summed E-state index contributed by atoms with van der Waals surface area (Å²) >= 11 is 1.43. The lowest BCUT2D eigenvalue weighted by Gasteiger charge is -2.16. The first kappa shape index (κ1) is 20.7. The lowest BCUT2D eigenvalue weighted by atomic mass is 10.0. The lowest BCUT2D eigenvalue weighted by molar-refractivity contribution is -0.385. The van der Waals surface area contributed by atoms with E-state index in [2.05, 4.69) is 35.1 Å². The van der Waals surface area contributed by atoms with Gasteiger partial charge < -0.3 is 0 Å². The summed E-state index contributed by atoms with van der Waals surface area (Å²) in [6.07, 6.45) is 3.48. The number of nitrogens with zero attached hydrogens (tertiary/aromatic N) is 5. The molecule has 4 rings (SSSR count). The number of benzene rings is 2. The maximum absolute atomic E-state index is 11.4. The Balaban J connectivity index is 1.80. The molecule has 0 radical (unpaired) electrons. The third-order valence-corrected chi connectivity index (χ3v) is 5.88. The first-order valence-corrected chi connectivity index (χ1v) is 10.8. The molecule has 7 nitrogen and oxygen atoms in total. The summed E-state index contributed by atoms with van der Waals surface area (Å²) in [7, 11) is 0. The first-order chi connectivity index (χ1) is 15.1. The Morgan fingerprint density at radius 2 is 1.81 bits per heavy atom. The van der Waals surface area contributed by atoms with Gasteiger partial charge in [-0.25, -0.2) is 0 Å². The zero-order valence-electron chi connectivity index (χ0n) is 17.2. The van der Waals surface area contributed by atoms with Crippen LogP contribution in [-0.4, -0.2) is 24.7 Å². The van der Waals surface area contributed by atoms with E-state index in [4.69, 9.17) is 0 Å². The second kappa shape index (κ2) is 9.09. The zero-order chi connectivity index (χ0) is 21.8. The summed E-state index contributed by atoms with van der Waals surface area (Å²) in [6, 6.07) is 18.8. The quantitative estimate of drug-likeness (QED) is 0.213. The highest BCUT2D eigenvalue weighted by molar-refractivity contribution is 7.98. The van der Waals surface area contributed by atoms with Crippen LogP contribution in [0.1, 0.15) is 30.9 Å². The average molecular weight is 432 g/mol. The molecule has 2 aromatic carbocycles. The molecule has 4 aromatic rings. The van der Waals surface area contributed by atoms with E-state index >= 15 is 0 Å². The second-order valence-corrected chi connectivity index (χ2v) is 8.21. The molecule has 0 saturated carbocycles. The Bertz CT molecular complexity index is 1210. The van der Waals surface area contributed by atoms with Gasteiger partial charge >= 0.3 is 0 Å². The van der Waals surface area contributed by atoms with Crippen molar-refractivity contribution in [1.29, 1.82) is 0 Å². The maximum Gasteiger partial charge on any atom is 0.273 e. The van der Waals surface area contributed by atoms with Crippen LogP contribution in [0.5, 0.6) is 0 Å². The SMILES string of the molecule is CC(C)c1ccccc1-n1c(SCc2ccccc2[N+](=O)[O-])nnc1-c1cccnc1. The molecule has 0 bridgehead atoms. The fourth-order valence-corrected chi connectivity index (χ4v) is 4.34. The largest absolute Gasteiger partial charge is 0.273 e. The van der Waals surface area contributed by atoms with E-state index in [1.807, 2.05) is 41.0 Å². The summed E-state index contributed by atoms with van der Waals surface area (Å²) in [4.78, 5) is 15.3. The summed E-state index contributed by atoms with van der Waals surface area (Å²) in [5, 5.41) is 20.9. The van der Waals surface area contributed by atoms with Gasteiger partial charge in [0.2, 0.25) is 0 Å². The third kappa shape index (κ3) is 4.34. The number of aromatic nitrogens is 4. The predicted octanol–water partition coefficient (Wildman–Crippen LogP) is 5.65. The fraction of sp³-hybridized carbons (Fsp3) is 0.174. The van der Waals surface area contributed by atoms with E-state index in [0.717, 1.165) is 11.3 Å². The molecule has 31 heavy (non-hydrogen) atoms. The van der Waals surface area contributed by atoms with Gasteiger partial charge in [-0.05, 0) is 29.7 Å². The molecule has 0 amide bonds. The number of hydrogen-bond acceptors (Lipinski definition) is 6. The van der Waals surface area contributed by atoms with E-state index in [-0.39, 0.29) is 10.6 Å². The minimum atomic E-state index is -0.351. The number of nitro groups is 1. The Morgan fingerprint density at radius 3 is 2.55 bits per heavy atom. The molecule has 8 heteroatoms. The van der Waals surface area contributed by atoms with Crippen molar-refractivity contribution in [2.45, 2.75) is 30.7 Å². The van der Waals surface area contributed by atoms with Crippen LogP contribution in [0.15, 0.2) is 78.2 Å². The fourth-order valence-electron chi connectivity index (χ4n) is 3.40. The van der Waals surface area contributed by atoms with Crippen LogP contribution in [0.25, 0.3) is 17.1 Å². The van der Waals surface area contributed by atoms with Crippen LogP contribution in [0.4, 0.5) is 5.69 Å². The summed E-state index contributed by atoms with van der Waals surface area (Å²) in [6.45, 7) is 4.29. The molecule has 0 saturated heterocycles. The molecule has 0 fully saturated rings. The van der Waals surface area contributed by atoms with Crippen molar-refractivity contribution in [3.8, 4) is 17.1 Å². The molecule has 0 aliphatic rings. The first-order valence-electron chi connectivity index (χ1n) is 9.86. The summed E-state index contributed by atoms with van der Waals surface area (Å²) in [5.41, 5.74) is 3.76. The molecule has 0 N–H and O–H groups in total. The molecule has 0 aliphatic carbocycles. The van der Waals surface area contributed by atoms with Gasteiger partial charge in [0.05, 0.1) is 10.6 Å². The maximum atomic E-state index is 11.4. The van der Waals surface area contributed by atoms with Crippen LogP contribution in [-0.2, 0) is 5.75 Å². The second-order valence-electron chi connectivity index (χ2n) is 7.27. The number of pyridine rings is 1. The number of thioether (sulfide) groups is 1. The van der Waals surface area contributed by atoms with Crippen molar-refractivity contribution in [1.82, 2.24) is 19.7 Å². The minimum absolute atomic E-state index is 0.108. The summed E-state index contributed by atoms with van der Waals surface area (Å²) < 4.78 is 2.02. The Labute approximate surface area is 184 Å². The van der Waals surface area contributed by atoms with Crippen molar-refractivity contribution in [3.05, 3.63) is 94.3 Å². The van der Waals surface area contributed by atoms with Crippen molar-refractivity contribution in [2.24, 2.45) is 0 Å². The highest BCUT2D eigenvalue weighted by Gasteiger charge is 2.21. The minimum Gasteiger partial charge on any atom is -0.270 e. The van der Waals surface area contributed by atoms with Gasteiger partial charge in [0.15, 0.2) is 11.0 Å². The molecule has 0 aliphatic heterocycles. The molecule has 0 spiro atoms. The third-order valence-electron chi connectivity index (χ3n) is 4.90. The highest BCUT2D eigenvalue weighted by atomic mass is 32.2. The van der Waals surface area contributed by atoms with Crippen molar-refractivity contribution in [3.63, 3.8) is 0 Å². The van der Waals surface area contributed by atoms with Gasteiger partial charge in [0, 0.05) is 35.3 Å². The zero-order valence-corrected chi connectivity index (χ0v) is 18.0. The van der Waals surface area contributed by atoms with Gasteiger partial charge in [-0.2, -0.15) is 0 Å². The van der Waals surface area contributed by atoms with E-state index in [0.29, 0.717) is 28.2 Å². The van der Waals surface area contributed by atoms with Crippen LogP contribution in [0.3, 0.4) is 0 Å². The Hall–Kier alpha value is -3.52. The Morgan fingerprint density at radius 1 is 1.03 bits per heavy atom. The average Bonchev–Trinajstić information content (AvgIpc) is 3.22. The van der Waals surface area contributed by atoms with Crippen molar-refractivity contribution >= 4 is 17.4 Å². The van der Waals surface area contributed by atoms with Crippen LogP contribution < -0.4 is 0 Å². The van der Waals surface area contributed by atoms with Crippen LogP contribution >= 0.6 is 11.8 Å². The molecule has 2 heterocycles. The van der Waals surface area contributed by atoms with E-state index in [1.165, 1.54) is 23.4 Å². The van der Waals surface area contributed by atoms with Crippen LogP contribution in [0, 0.1) is 10.1 Å². The monoisotopic (exact) mass is 431 g/mol. The van der Waals surface area contributed by atoms with Crippen molar-refractivity contribution in [2.75, 3.05) is 0 Å². The van der Waals surface area contributed by atoms with Gasteiger partial charge in [-0.3, -0.25) is 19.7 Å². The molecule has 0 atom stereocenters. The van der Waals surface area contributed by atoms with Crippen molar-refractivity contribution < 1.29 is 4.92 Å². The molecular weight excluding hydrogens is 410 g/mol. The highest BCUT2D eigenvalue weighted by Crippen LogP contribution is 2.34. The summed E-state index contributed by atoms with van der Waals surface area (Å²) in [5.74, 6) is 1.39. The van der Waals surface area contributed by atoms with Gasteiger partial charge in [-0.1, -0.05) is 62.0 Å². The molecule has 156 valence electrons. The van der Waals surface area contributed by atoms with E-state index < -0.39 is 0 Å². The topological polar surface area (TPSA) is 86.7 Å². The smallest absolute Gasteiger partial charge is 0.270 e. The Kier molecular flexibility index (Phi) is 6.08. The molecule has 0 unspecified atom stereocenters. The normalized spacial score (nSPS) is 11.1. The van der Waals surface area contributed by atoms with Gasteiger partial charge in [0.25, 0.3) is 5.69 Å². The number of rotatable bonds is 7.